The van der Waals surface area contributed by atoms with Crippen LogP contribution in [0, 0.1) is 0 Å². The molecule has 0 aromatic heterocycles. The first-order valence-electron chi connectivity index (χ1n) is 3.16. The van der Waals surface area contributed by atoms with E-state index < -0.39 is 6.10 Å². The van der Waals surface area contributed by atoms with E-state index in [0.29, 0.717) is 0 Å². The van der Waals surface area contributed by atoms with Crippen LogP contribution in [0.4, 0.5) is 0 Å². The Labute approximate surface area is 87.6 Å². The van der Waals surface area contributed by atoms with Gasteiger partial charge in [0.1, 0.15) is 4.84 Å². The molecule has 0 amide bonds. The van der Waals surface area contributed by atoms with Gasteiger partial charge in [-0.1, -0.05) is 6.92 Å². The van der Waals surface area contributed by atoms with Crippen molar-refractivity contribution in [2.75, 3.05) is 11.8 Å². The molecule has 0 aliphatic carbocycles. The largest absolute Gasteiger partial charge is 0.391 e. The van der Waals surface area contributed by atoms with Crippen LogP contribution in [-0.4, -0.2) is 27.8 Å². The van der Waals surface area contributed by atoms with Crippen molar-refractivity contribution in [3.05, 3.63) is 0 Å². The fourth-order valence-electron chi connectivity index (χ4n) is 0.0412. The van der Waals surface area contributed by atoms with Gasteiger partial charge in [-0.25, -0.2) is 0 Å². The summed E-state index contributed by atoms with van der Waals surface area (Å²) < 4.78 is 0. The molecule has 0 radical (unpaired) electrons. The van der Waals surface area contributed by atoms with Crippen molar-refractivity contribution < 1.29 is 5.11 Å². The summed E-state index contributed by atoms with van der Waals surface area (Å²) in [5, 5.41) is 8.40. The molecule has 0 saturated carbocycles. The maximum atomic E-state index is 8.40. The zero-order valence-corrected chi connectivity index (χ0v) is 9.26. The number of rotatable bonds is 3. The average Bonchev–Trinajstić information content (AvgIpc) is 2.04. The number of hydrogen-bond acceptors (Lipinski definition) is 1. The molecule has 0 aliphatic heterocycles. The van der Waals surface area contributed by atoms with Crippen LogP contribution in [0.1, 0.15) is 13.3 Å². The third-order valence-electron chi connectivity index (χ3n) is 0.665. The Hall–Kier alpha value is 1.12. The van der Waals surface area contributed by atoms with Crippen molar-refractivity contribution in [1.29, 1.82) is 0 Å². The highest BCUT2D eigenvalue weighted by atomic mass is 35.5. The number of alkyl halides is 4. The Morgan fingerprint density at radius 2 is 1.45 bits per heavy atom. The van der Waals surface area contributed by atoms with Gasteiger partial charge in [-0.15, -0.1) is 46.4 Å². The van der Waals surface area contributed by atoms with E-state index in [1.807, 2.05) is 6.92 Å². The Morgan fingerprint density at radius 3 is 1.45 bits per heavy atom. The molecule has 70 valence electrons. The first kappa shape index (κ1) is 14.6. The molecule has 0 bridgehead atoms. The summed E-state index contributed by atoms with van der Waals surface area (Å²) in [6.45, 7) is 1.94. The van der Waals surface area contributed by atoms with E-state index >= 15 is 0 Å². The lowest BCUT2D eigenvalue weighted by Gasteiger charge is -1.94. The van der Waals surface area contributed by atoms with E-state index in [1.165, 1.54) is 0 Å². The lowest BCUT2D eigenvalue weighted by Crippen LogP contribution is -2.08. The van der Waals surface area contributed by atoms with Gasteiger partial charge >= 0.3 is 0 Å². The highest BCUT2D eigenvalue weighted by molar-refractivity contribution is 6.44. The Bertz CT molecular complexity index is 65.6. The van der Waals surface area contributed by atoms with Gasteiger partial charge in [-0.3, -0.25) is 0 Å². The smallest absolute Gasteiger partial charge is 0.107 e. The van der Waals surface area contributed by atoms with Gasteiger partial charge < -0.3 is 5.11 Å². The molecular formula is C6H12Cl4O. The van der Waals surface area contributed by atoms with E-state index in [9.17, 15) is 0 Å². The second-order valence-corrected chi connectivity index (χ2v) is 3.66. The van der Waals surface area contributed by atoms with Crippen LogP contribution in [0.3, 0.4) is 0 Å². The topological polar surface area (TPSA) is 20.2 Å². The van der Waals surface area contributed by atoms with Crippen molar-refractivity contribution in [2.24, 2.45) is 0 Å². The summed E-state index contributed by atoms with van der Waals surface area (Å²) in [5.74, 6) is 0.451. The van der Waals surface area contributed by atoms with Crippen LogP contribution >= 0.6 is 46.4 Å². The fourth-order valence-corrected chi connectivity index (χ4v) is 0.371. The van der Waals surface area contributed by atoms with Gasteiger partial charge in [0.05, 0.1) is 6.10 Å². The van der Waals surface area contributed by atoms with Crippen molar-refractivity contribution in [2.45, 2.75) is 24.3 Å². The van der Waals surface area contributed by atoms with E-state index in [-0.39, 0.29) is 16.6 Å². The SMILES string of the molecule is CCC(Cl)Cl.OC(CCl)CCl. The quantitative estimate of drug-likeness (QED) is 0.754. The van der Waals surface area contributed by atoms with Gasteiger partial charge in [0.25, 0.3) is 0 Å². The third kappa shape index (κ3) is 18.2. The molecule has 5 heteroatoms. The van der Waals surface area contributed by atoms with Crippen LogP contribution in [0.2, 0.25) is 0 Å². The molecule has 0 spiro atoms. The molecule has 0 atom stereocenters. The lowest BCUT2D eigenvalue weighted by molar-refractivity contribution is 0.222. The predicted octanol–water partition coefficient (Wildman–Crippen LogP) is 3.03. The maximum absolute atomic E-state index is 8.40. The highest BCUT2D eigenvalue weighted by Gasteiger charge is 1.94. The first-order valence-corrected chi connectivity index (χ1v) is 5.10. The van der Waals surface area contributed by atoms with Crippen LogP contribution < -0.4 is 0 Å². The summed E-state index contributed by atoms with van der Waals surface area (Å²) in [6, 6.07) is 0. The van der Waals surface area contributed by atoms with Crippen molar-refractivity contribution in [3.8, 4) is 0 Å². The molecule has 11 heavy (non-hydrogen) atoms. The van der Waals surface area contributed by atoms with Gasteiger partial charge in [0.2, 0.25) is 0 Å². The zero-order valence-electron chi connectivity index (χ0n) is 6.24. The van der Waals surface area contributed by atoms with Crippen molar-refractivity contribution >= 4 is 46.4 Å². The number of halogens is 4. The lowest BCUT2D eigenvalue weighted by atomic mass is 10.5. The highest BCUT2D eigenvalue weighted by Crippen LogP contribution is 2.03. The predicted molar refractivity (Wildman–Crippen MR) is 53.2 cm³/mol. The first-order chi connectivity index (χ1) is 5.08. The molecule has 0 rings (SSSR count). The molecule has 0 aromatic rings. The molecule has 1 nitrogen and oxygen atoms in total. The zero-order chi connectivity index (χ0) is 9.28. The molecular weight excluding hydrogens is 230 g/mol. The maximum Gasteiger partial charge on any atom is 0.107 e. The Morgan fingerprint density at radius 1 is 1.18 bits per heavy atom. The van der Waals surface area contributed by atoms with Gasteiger partial charge in [0.15, 0.2) is 0 Å². The molecule has 0 unspecified atom stereocenters. The number of aliphatic hydroxyl groups excluding tert-OH is 1. The Kier molecular flexibility index (Phi) is 14.8. The summed E-state index contributed by atoms with van der Waals surface area (Å²) in [6.07, 6.45) is 0.302. The molecule has 0 saturated heterocycles. The van der Waals surface area contributed by atoms with Crippen LogP contribution in [-0.2, 0) is 0 Å². The van der Waals surface area contributed by atoms with Crippen LogP contribution in [0.5, 0.6) is 0 Å². The Balaban J connectivity index is 0. The van der Waals surface area contributed by atoms with Gasteiger partial charge in [0, 0.05) is 11.8 Å². The summed E-state index contributed by atoms with van der Waals surface area (Å²) in [4.78, 5) is -0.171. The third-order valence-corrected chi connectivity index (χ3v) is 1.99. The summed E-state index contributed by atoms with van der Waals surface area (Å²) in [7, 11) is 0. The molecule has 0 aliphatic rings. The standard InChI is InChI=1S/C3H6Cl2O.C3H6Cl2/c4-1-3(6)2-5;1-2-3(4)5/h3,6H,1-2H2;3H,2H2,1H3. The minimum atomic E-state index is -0.534. The minimum absolute atomic E-state index is 0.171. The van der Waals surface area contributed by atoms with Gasteiger partial charge in [-0.05, 0) is 6.42 Å². The summed E-state index contributed by atoms with van der Waals surface area (Å²) >= 11 is 20.7. The number of hydrogen-bond donors (Lipinski definition) is 1. The van der Waals surface area contributed by atoms with Crippen molar-refractivity contribution in [3.63, 3.8) is 0 Å². The molecule has 0 aromatic carbocycles. The molecule has 0 fully saturated rings. The second-order valence-electron chi connectivity index (χ2n) is 1.76. The number of aliphatic hydroxyl groups is 1. The second kappa shape index (κ2) is 11.1. The minimum Gasteiger partial charge on any atom is -0.391 e. The van der Waals surface area contributed by atoms with Gasteiger partial charge in [-0.2, -0.15) is 0 Å². The van der Waals surface area contributed by atoms with Crippen LogP contribution in [0.25, 0.3) is 0 Å². The molecule has 0 heterocycles. The molecule has 1 N–H and O–H groups in total. The van der Waals surface area contributed by atoms with E-state index in [0.717, 1.165) is 6.42 Å². The normalized spacial score (nSPS) is 9.82. The summed E-state index contributed by atoms with van der Waals surface area (Å²) in [5.41, 5.74) is 0. The van der Waals surface area contributed by atoms with Crippen LogP contribution in [0.15, 0.2) is 0 Å². The monoisotopic (exact) mass is 240 g/mol. The average molecular weight is 242 g/mol. The van der Waals surface area contributed by atoms with Crippen molar-refractivity contribution in [1.82, 2.24) is 0 Å². The fraction of sp³-hybridized carbons (Fsp3) is 1.00. The van der Waals surface area contributed by atoms with E-state index in [4.69, 9.17) is 51.5 Å². The van der Waals surface area contributed by atoms with E-state index in [2.05, 4.69) is 0 Å². The van der Waals surface area contributed by atoms with E-state index in [1.54, 1.807) is 0 Å².